The van der Waals surface area contributed by atoms with E-state index < -0.39 is 23.3 Å². The number of aromatic nitrogens is 1. The first-order valence-electron chi connectivity index (χ1n) is 9.58. The third kappa shape index (κ3) is 4.40. The Hall–Kier alpha value is -3.36. The van der Waals surface area contributed by atoms with Gasteiger partial charge in [0, 0.05) is 30.0 Å². The first kappa shape index (κ1) is 22.3. The van der Waals surface area contributed by atoms with E-state index in [1.807, 2.05) is 6.92 Å². The summed E-state index contributed by atoms with van der Waals surface area (Å²) in [6, 6.07) is 8.86. The van der Waals surface area contributed by atoms with Gasteiger partial charge in [0.15, 0.2) is 12.0 Å². The van der Waals surface area contributed by atoms with Crippen molar-refractivity contribution in [3.05, 3.63) is 69.9 Å². The topological polar surface area (TPSA) is 90.2 Å². The Morgan fingerprint density at radius 3 is 2.52 bits per heavy atom. The van der Waals surface area contributed by atoms with E-state index >= 15 is 0 Å². The second kappa shape index (κ2) is 9.20. The lowest BCUT2D eigenvalue weighted by Crippen LogP contribution is -2.16. The monoisotopic (exact) mass is 429 g/mol. The van der Waals surface area contributed by atoms with Gasteiger partial charge in [0.1, 0.15) is 17.3 Å². The molecule has 2 N–H and O–H groups in total. The average Bonchev–Trinajstić information content (AvgIpc) is 2.76. The molecule has 0 saturated heterocycles. The highest BCUT2D eigenvalue weighted by Gasteiger charge is 2.20. The largest absolute Gasteiger partial charge is 0.503 e. The first-order chi connectivity index (χ1) is 14.8. The van der Waals surface area contributed by atoms with Crippen molar-refractivity contribution in [3.8, 4) is 34.1 Å². The summed E-state index contributed by atoms with van der Waals surface area (Å²) >= 11 is 0. The van der Waals surface area contributed by atoms with Crippen LogP contribution >= 0.6 is 0 Å². The van der Waals surface area contributed by atoms with Gasteiger partial charge in [-0.3, -0.25) is 4.79 Å². The van der Waals surface area contributed by atoms with Gasteiger partial charge in [0.05, 0.1) is 25.6 Å². The molecule has 164 valence electrons. The standard InChI is InChI=1S/C23H24FNO6/c1-5-31-14-6-7-17(24)15(9-14)16-10-18(13(2)8-22(16)29-3)25-12-21(27)20(26)11-19(25)23(28)30-4/h6-12,23,27-28H,5H2,1-4H3. The van der Waals surface area contributed by atoms with E-state index in [1.54, 1.807) is 25.1 Å². The van der Waals surface area contributed by atoms with Crippen LogP contribution in [0.2, 0.25) is 0 Å². The molecule has 1 unspecified atom stereocenters. The van der Waals surface area contributed by atoms with Gasteiger partial charge in [-0.1, -0.05) is 0 Å². The first-order valence-corrected chi connectivity index (χ1v) is 9.58. The zero-order valence-corrected chi connectivity index (χ0v) is 17.7. The third-order valence-electron chi connectivity index (χ3n) is 4.85. The molecule has 8 heteroatoms. The van der Waals surface area contributed by atoms with Crippen LogP contribution in [-0.4, -0.2) is 35.6 Å². The van der Waals surface area contributed by atoms with Crippen molar-refractivity contribution >= 4 is 0 Å². The van der Waals surface area contributed by atoms with Crippen molar-refractivity contribution in [2.75, 3.05) is 20.8 Å². The van der Waals surface area contributed by atoms with E-state index in [9.17, 15) is 19.4 Å². The van der Waals surface area contributed by atoms with Crippen LogP contribution < -0.4 is 14.9 Å². The van der Waals surface area contributed by atoms with E-state index in [0.717, 1.165) is 6.07 Å². The minimum absolute atomic E-state index is 0.105. The van der Waals surface area contributed by atoms with Gasteiger partial charge in [0.25, 0.3) is 0 Å². The number of aromatic hydroxyl groups is 1. The number of pyridine rings is 1. The Morgan fingerprint density at radius 1 is 1.13 bits per heavy atom. The summed E-state index contributed by atoms with van der Waals surface area (Å²) in [7, 11) is 2.76. The normalized spacial score (nSPS) is 11.9. The Balaban J connectivity index is 2.30. The predicted octanol–water partition coefficient (Wildman–Crippen LogP) is 3.70. The molecule has 0 saturated carbocycles. The number of ether oxygens (including phenoxy) is 3. The summed E-state index contributed by atoms with van der Waals surface area (Å²) in [6.45, 7) is 4.04. The predicted molar refractivity (Wildman–Crippen MR) is 114 cm³/mol. The van der Waals surface area contributed by atoms with Crippen molar-refractivity contribution in [3.63, 3.8) is 0 Å². The molecule has 0 bridgehead atoms. The van der Waals surface area contributed by atoms with E-state index in [0.29, 0.717) is 34.9 Å². The number of methoxy groups -OCH3 is 2. The number of hydrogen-bond donors (Lipinski definition) is 2. The van der Waals surface area contributed by atoms with Crippen LogP contribution in [-0.2, 0) is 4.74 Å². The van der Waals surface area contributed by atoms with Gasteiger partial charge in [0.2, 0.25) is 5.43 Å². The lowest BCUT2D eigenvalue weighted by molar-refractivity contribution is -0.0813. The molecular weight excluding hydrogens is 405 g/mol. The quantitative estimate of drug-likeness (QED) is 0.557. The molecular formula is C23H24FNO6. The number of aliphatic hydroxyl groups is 1. The molecule has 1 atom stereocenters. The maximum Gasteiger partial charge on any atom is 0.223 e. The fourth-order valence-electron chi connectivity index (χ4n) is 3.33. The van der Waals surface area contributed by atoms with Crippen molar-refractivity contribution in [2.45, 2.75) is 20.1 Å². The van der Waals surface area contributed by atoms with Crippen LogP contribution in [0, 0.1) is 12.7 Å². The summed E-state index contributed by atoms with van der Waals surface area (Å²) in [5, 5.41) is 20.2. The highest BCUT2D eigenvalue weighted by molar-refractivity contribution is 5.75. The van der Waals surface area contributed by atoms with E-state index in [4.69, 9.17) is 14.2 Å². The SMILES string of the molecule is CCOc1ccc(F)c(-c2cc(-n3cc(O)c(=O)cc3C(O)OC)c(C)cc2OC)c1. The Bertz CT molecular complexity index is 1160. The van der Waals surface area contributed by atoms with Gasteiger partial charge in [-0.15, -0.1) is 0 Å². The molecule has 3 rings (SSSR count). The highest BCUT2D eigenvalue weighted by Crippen LogP contribution is 2.38. The van der Waals surface area contributed by atoms with Crippen LogP contribution in [0.15, 0.2) is 47.4 Å². The number of halogens is 1. The van der Waals surface area contributed by atoms with E-state index in [-0.39, 0.29) is 11.3 Å². The second-order valence-electron chi connectivity index (χ2n) is 6.82. The van der Waals surface area contributed by atoms with Gasteiger partial charge >= 0.3 is 0 Å². The van der Waals surface area contributed by atoms with Gasteiger partial charge in [-0.2, -0.15) is 0 Å². The van der Waals surface area contributed by atoms with Crippen molar-refractivity contribution in [1.82, 2.24) is 4.57 Å². The van der Waals surface area contributed by atoms with Crippen molar-refractivity contribution in [1.29, 1.82) is 0 Å². The fourth-order valence-corrected chi connectivity index (χ4v) is 3.33. The maximum absolute atomic E-state index is 14.8. The Labute approximate surface area is 178 Å². The Morgan fingerprint density at radius 2 is 1.87 bits per heavy atom. The Kier molecular flexibility index (Phi) is 6.62. The van der Waals surface area contributed by atoms with Crippen molar-refractivity contribution < 1.29 is 28.8 Å². The number of aryl methyl sites for hydroxylation is 1. The smallest absolute Gasteiger partial charge is 0.223 e. The number of aliphatic hydroxyl groups excluding tert-OH is 1. The number of rotatable bonds is 7. The minimum Gasteiger partial charge on any atom is -0.503 e. The number of benzene rings is 2. The molecule has 0 fully saturated rings. The van der Waals surface area contributed by atoms with Crippen LogP contribution in [0.25, 0.3) is 16.8 Å². The van der Waals surface area contributed by atoms with Gasteiger partial charge in [-0.05, 0) is 49.7 Å². The van der Waals surface area contributed by atoms with Crippen LogP contribution in [0.3, 0.4) is 0 Å². The fraction of sp³-hybridized carbons (Fsp3) is 0.261. The summed E-state index contributed by atoms with van der Waals surface area (Å²) in [4.78, 5) is 11.9. The number of hydrogen-bond acceptors (Lipinski definition) is 6. The molecule has 2 aromatic carbocycles. The molecule has 0 aliphatic carbocycles. The third-order valence-corrected chi connectivity index (χ3v) is 4.85. The average molecular weight is 429 g/mol. The zero-order chi connectivity index (χ0) is 22.7. The molecule has 3 aromatic rings. The minimum atomic E-state index is -1.42. The molecule has 0 aliphatic rings. The van der Waals surface area contributed by atoms with Crippen LogP contribution in [0.4, 0.5) is 4.39 Å². The van der Waals surface area contributed by atoms with Crippen molar-refractivity contribution in [2.24, 2.45) is 0 Å². The second-order valence-corrected chi connectivity index (χ2v) is 6.82. The molecule has 0 radical (unpaired) electrons. The molecule has 7 nitrogen and oxygen atoms in total. The summed E-state index contributed by atoms with van der Waals surface area (Å²) in [5.41, 5.74) is 1.30. The molecule has 31 heavy (non-hydrogen) atoms. The lowest BCUT2D eigenvalue weighted by Gasteiger charge is -2.21. The summed E-state index contributed by atoms with van der Waals surface area (Å²) in [5.74, 6) is -0.0581. The molecule has 0 aliphatic heterocycles. The zero-order valence-electron chi connectivity index (χ0n) is 17.7. The molecule has 1 heterocycles. The molecule has 0 spiro atoms. The number of nitrogens with zero attached hydrogens (tertiary/aromatic N) is 1. The van der Waals surface area contributed by atoms with Gasteiger partial charge in [-0.25, -0.2) is 4.39 Å². The lowest BCUT2D eigenvalue weighted by atomic mass is 10.00. The molecule has 0 amide bonds. The molecule has 1 aromatic heterocycles. The van der Waals surface area contributed by atoms with Crippen LogP contribution in [0.5, 0.6) is 17.2 Å². The van der Waals surface area contributed by atoms with E-state index in [2.05, 4.69) is 0 Å². The van der Waals surface area contributed by atoms with Gasteiger partial charge < -0.3 is 29.0 Å². The van der Waals surface area contributed by atoms with E-state index in [1.165, 1.54) is 37.1 Å². The highest BCUT2D eigenvalue weighted by atomic mass is 19.1. The van der Waals surface area contributed by atoms with Crippen LogP contribution in [0.1, 0.15) is 24.5 Å². The summed E-state index contributed by atoms with van der Waals surface area (Å²) < 4.78 is 32.1. The maximum atomic E-state index is 14.8. The summed E-state index contributed by atoms with van der Waals surface area (Å²) in [6.07, 6.45) is -0.234.